The predicted molar refractivity (Wildman–Crippen MR) is 74.4 cm³/mol. The largest absolute Gasteiger partial charge is 0.328 e. The van der Waals surface area contributed by atoms with Crippen LogP contribution < -0.4 is 5.73 Å². The molecule has 7 heteroatoms. The molecule has 108 valence electrons. The first-order valence-electron chi connectivity index (χ1n) is 5.93. The van der Waals surface area contributed by atoms with Crippen LogP contribution in [0.15, 0.2) is 23.1 Å². The van der Waals surface area contributed by atoms with Crippen LogP contribution >= 0.6 is 12.4 Å². The van der Waals surface area contributed by atoms with E-state index in [9.17, 15) is 12.8 Å². The molecule has 0 saturated carbocycles. The Bertz CT molecular complexity index is 543. The van der Waals surface area contributed by atoms with Crippen molar-refractivity contribution in [1.82, 2.24) is 4.31 Å². The molecule has 0 bridgehead atoms. The molecule has 0 aromatic heterocycles. The van der Waals surface area contributed by atoms with Gasteiger partial charge in [-0.3, -0.25) is 0 Å². The van der Waals surface area contributed by atoms with Crippen molar-refractivity contribution in [3.63, 3.8) is 0 Å². The third-order valence-corrected chi connectivity index (χ3v) is 5.17. The van der Waals surface area contributed by atoms with Crippen LogP contribution in [0.5, 0.6) is 0 Å². The number of hydrogen-bond donors (Lipinski definition) is 1. The van der Waals surface area contributed by atoms with Crippen molar-refractivity contribution in [3.8, 4) is 0 Å². The van der Waals surface area contributed by atoms with Gasteiger partial charge in [0, 0.05) is 19.1 Å². The van der Waals surface area contributed by atoms with Crippen molar-refractivity contribution >= 4 is 22.4 Å². The van der Waals surface area contributed by atoms with E-state index in [1.54, 1.807) is 6.92 Å². The molecule has 2 rings (SSSR count). The molecule has 1 aliphatic heterocycles. The van der Waals surface area contributed by atoms with Crippen molar-refractivity contribution in [3.05, 3.63) is 29.6 Å². The standard InChI is InChI=1S/C12H17FN2O2S.ClH/c1-9-2-3-11(8-12(9)13)18(16,17)15-6-4-10(14)5-7-15;/h2-3,8,10H,4-7,14H2,1H3;1H. The number of hydrogen-bond acceptors (Lipinski definition) is 3. The predicted octanol–water partition coefficient (Wildman–Crippen LogP) is 1.67. The molecule has 0 spiro atoms. The number of nitrogens with zero attached hydrogens (tertiary/aromatic N) is 1. The lowest BCUT2D eigenvalue weighted by molar-refractivity contribution is 0.320. The Kier molecular flexibility index (Phi) is 5.32. The summed E-state index contributed by atoms with van der Waals surface area (Å²) in [4.78, 5) is 0.0149. The molecule has 4 nitrogen and oxygen atoms in total. The Labute approximate surface area is 119 Å². The second-order valence-corrected chi connectivity index (χ2v) is 6.59. The van der Waals surface area contributed by atoms with Gasteiger partial charge in [0.2, 0.25) is 10.0 Å². The maximum absolute atomic E-state index is 13.4. The maximum Gasteiger partial charge on any atom is 0.243 e. The van der Waals surface area contributed by atoms with Gasteiger partial charge in [-0.2, -0.15) is 4.31 Å². The average molecular weight is 309 g/mol. The highest BCUT2D eigenvalue weighted by atomic mass is 35.5. The lowest BCUT2D eigenvalue weighted by Crippen LogP contribution is -2.42. The second kappa shape index (κ2) is 6.17. The molecule has 0 aliphatic carbocycles. The van der Waals surface area contributed by atoms with Gasteiger partial charge in [-0.05, 0) is 37.5 Å². The molecule has 2 N–H and O–H groups in total. The van der Waals surface area contributed by atoms with E-state index < -0.39 is 15.8 Å². The summed E-state index contributed by atoms with van der Waals surface area (Å²) in [6, 6.07) is 4.07. The number of nitrogens with two attached hydrogens (primary N) is 1. The van der Waals surface area contributed by atoms with E-state index in [0.717, 1.165) is 6.07 Å². The van der Waals surface area contributed by atoms with E-state index in [2.05, 4.69) is 0 Å². The quantitative estimate of drug-likeness (QED) is 0.904. The van der Waals surface area contributed by atoms with E-state index in [-0.39, 0.29) is 23.3 Å². The molecule has 19 heavy (non-hydrogen) atoms. The highest BCUT2D eigenvalue weighted by molar-refractivity contribution is 7.89. The van der Waals surface area contributed by atoms with E-state index in [1.165, 1.54) is 16.4 Å². The summed E-state index contributed by atoms with van der Waals surface area (Å²) in [7, 11) is -3.59. The number of sulfonamides is 1. The van der Waals surface area contributed by atoms with Crippen LogP contribution in [0.3, 0.4) is 0 Å². The topological polar surface area (TPSA) is 63.4 Å². The minimum Gasteiger partial charge on any atom is -0.328 e. The summed E-state index contributed by atoms with van der Waals surface area (Å²) in [6.45, 7) is 2.41. The summed E-state index contributed by atoms with van der Waals surface area (Å²) in [5.74, 6) is -0.496. The van der Waals surface area contributed by atoms with Crippen molar-refractivity contribution < 1.29 is 12.8 Å². The van der Waals surface area contributed by atoms with Gasteiger partial charge < -0.3 is 5.73 Å². The Balaban J connectivity index is 0.00000180. The van der Waals surface area contributed by atoms with Crippen LogP contribution in [-0.4, -0.2) is 31.9 Å². The maximum atomic E-state index is 13.4. The molecular formula is C12H18ClFN2O2S. The van der Waals surface area contributed by atoms with Gasteiger partial charge in [0.25, 0.3) is 0 Å². The van der Waals surface area contributed by atoms with Gasteiger partial charge in [-0.1, -0.05) is 6.07 Å². The van der Waals surface area contributed by atoms with Crippen LogP contribution in [0.25, 0.3) is 0 Å². The minimum atomic E-state index is -3.59. The van der Waals surface area contributed by atoms with Gasteiger partial charge >= 0.3 is 0 Å². The van der Waals surface area contributed by atoms with Gasteiger partial charge in [-0.25, -0.2) is 12.8 Å². The molecule has 0 unspecified atom stereocenters. The third-order valence-electron chi connectivity index (χ3n) is 3.28. The lowest BCUT2D eigenvalue weighted by Gasteiger charge is -2.29. The third kappa shape index (κ3) is 3.45. The zero-order chi connectivity index (χ0) is 13.3. The SMILES string of the molecule is Cc1ccc(S(=O)(=O)N2CCC(N)CC2)cc1F.Cl. The Morgan fingerprint density at radius 1 is 1.32 bits per heavy atom. The lowest BCUT2D eigenvalue weighted by atomic mass is 10.1. The van der Waals surface area contributed by atoms with Crippen LogP contribution in [0.2, 0.25) is 0 Å². The van der Waals surface area contributed by atoms with E-state index in [4.69, 9.17) is 5.73 Å². The molecule has 1 aliphatic rings. The summed E-state index contributed by atoms with van der Waals surface area (Å²) >= 11 is 0. The molecular weight excluding hydrogens is 291 g/mol. The monoisotopic (exact) mass is 308 g/mol. The fourth-order valence-corrected chi connectivity index (χ4v) is 3.48. The highest BCUT2D eigenvalue weighted by Crippen LogP contribution is 2.21. The summed E-state index contributed by atoms with van der Waals surface area (Å²) in [6.07, 6.45) is 1.29. The Morgan fingerprint density at radius 2 is 1.89 bits per heavy atom. The van der Waals surface area contributed by atoms with Crippen molar-refractivity contribution in [2.24, 2.45) is 5.73 Å². The summed E-state index contributed by atoms with van der Waals surface area (Å²) in [5.41, 5.74) is 6.18. The number of rotatable bonds is 2. The summed E-state index contributed by atoms with van der Waals surface area (Å²) in [5, 5.41) is 0. The molecule has 1 aromatic carbocycles. The Morgan fingerprint density at radius 3 is 2.42 bits per heavy atom. The first-order chi connectivity index (χ1) is 8.41. The highest BCUT2D eigenvalue weighted by Gasteiger charge is 2.28. The zero-order valence-corrected chi connectivity index (χ0v) is 12.3. The van der Waals surface area contributed by atoms with Crippen LogP contribution in [0.4, 0.5) is 4.39 Å². The Hall–Kier alpha value is -0.690. The van der Waals surface area contributed by atoms with Crippen LogP contribution in [0, 0.1) is 12.7 Å². The number of halogens is 2. The van der Waals surface area contributed by atoms with Crippen molar-refractivity contribution in [1.29, 1.82) is 0 Å². The average Bonchev–Trinajstić information content (AvgIpc) is 2.33. The van der Waals surface area contributed by atoms with Crippen LogP contribution in [-0.2, 0) is 10.0 Å². The molecule has 1 heterocycles. The fraction of sp³-hybridized carbons (Fsp3) is 0.500. The summed E-state index contributed by atoms with van der Waals surface area (Å²) < 4.78 is 39.4. The second-order valence-electron chi connectivity index (χ2n) is 4.65. The van der Waals surface area contributed by atoms with E-state index in [0.29, 0.717) is 31.5 Å². The minimum absolute atomic E-state index is 0. The smallest absolute Gasteiger partial charge is 0.243 e. The molecule has 1 saturated heterocycles. The van der Waals surface area contributed by atoms with Gasteiger partial charge in [0.1, 0.15) is 5.82 Å². The van der Waals surface area contributed by atoms with E-state index >= 15 is 0 Å². The number of benzene rings is 1. The van der Waals surface area contributed by atoms with E-state index in [1.807, 2.05) is 0 Å². The van der Waals surface area contributed by atoms with Crippen molar-refractivity contribution in [2.75, 3.05) is 13.1 Å². The molecule has 1 fully saturated rings. The van der Waals surface area contributed by atoms with Gasteiger partial charge in [0.15, 0.2) is 0 Å². The number of piperidine rings is 1. The van der Waals surface area contributed by atoms with Crippen LogP contribution in [0.1, 0.15) is 18.4 Å². The molecule has 0 amide bonds. The van der Waals surface area contributed by atoms with Crippen molar-refractivity contribution in [2.45, 2.75) is 30.7 Å². The number of aryl methyl sites for hydroxylation is 1. The van der Waals surface area contributed by atoms with Gasteiger partial charge in [-0.15, -0.1) is 12.4 Å². The normalized spacial score (nSPS) is 18.1. The fourth-order valence-electron chi connectivity index (χ4n) is 2.00. The molecule has 0 atom stereocenters. The first-order valence-corrected chi connectivity index (χ1v) is 7.37. The molecule has 1 aromatic rings. The zero-order valence-electron chi connectivity index (χ0n) is 10.7. The van der Waals surface area contributed by atoms with Gasteiger partial charge in [0.05, 0.1) is 4.90 Å². The first kappa shape index (κ1) is 16.4. The molecule has 0 radical (unpaired) electrons.